The lowest BCUT2D eigenvalue weighted by Gasteiger charge is -2.30. The van der Waals surface area contributed by atoms with E-state index < -0.39 is 11.6 Å². The van der Waals surface area contributed by atoms with Crippen LogP contribution in [0, 0.1) is 11.3 Å². The standard InChI is InChI=1S/C20H23NO5/c1-13(2)10-24-17-9-8-16(14-6-4-5-7-15(14)17)21-18(22)20(3)11-25-19(23)26-12-20/h4-9,13H,10-12H2,1-3H3,(H,21,22). The van der Waals surface area contributed by atoms with Crippen LogP contribution in [-0.4, -0.2) is 31.9 Å². The molecule has 26 heavy (non-hydrogen) atoms. The molecule has 6 heteroatoms. The third-order valence-electron chi connectivity index (χ3n) is 4.27. The number of rotatable bonds is 5. The molecule has 2 aromatic carbocycles. The van der Waals surface area contributed by atoms with Crippen molar-refractivity contribution in [2.75, 3.05) is 25.1 Å². The van der Waals surface area contributed by atoms with Gasteiger partial charge in [0.25, 0.3) is 0 Å². The Morgan fingerprint density at radius 3 is 2.46 bits per heavy atom. The Hall–Kier alpha value is -2.76. The summed E-state index contributed by atoms with van der Waals surface area (Å²) >= 11 is 0. The van der Waals surface area contributed by atoms with Gasteiger partial charge in [0.05, 0.1) is 6.61 Å². The molecule has 1 aliphatic heterocycles. The molecule has 1 fully saturated rings. The van der Waals surface area contributed by atoms with E-state index in [1.807, 2.05) is 36.4 Å². The predicted molar refractivity (Wildman–Crippen MR) is 98.3 cm³/mol. The largest absolute Gasteiger partial charge is 0.508 e. The maximum Gasteiger partial charge on any atom is 0.508 e. The molecule has 1 N–H and O–H groups in total. The first-order valence-corrected chi connectivity index (χ1v) is 8.64. The Kier molecular flexibility index (Phi) is 5.02. The SMILES string of the molecule is CC(C)COc1ccc(NC(=O)C2(C)COC(=O)OC2)c2ccccc12. The van der Waals surface area contributed by atoms with E-state index in [-0.39, 0.29) is 19.1 Å². The van der Waals surface area contributed by atoms with E-state index in [9.17, 15) is 9.59 Å². The fourth-order valence-corrected chi connectivity index (χ4v) is 2.69. The summed E-state index contributed by atoms with van der Waals surface area (Å²) in [6, 6.07) is 11.4. The van der Waals surface area contributed by atoms with E-state index in [0.717, 1.165) is 16.5 Å². The minimum absolute atomic E-state index is 0.00875. The lowest BCUT2D eigenvalue weighted by molar-refractivity contribution is -0.135. The van der Waals surface area contributed by atoms with E-state index in [4.69, 9.17) is 14.2 Å². The number of anilines is 1. The Bertz CT molecular complexity index is 820. The smallest absolute Gasteiger partial charge is 0.493 e. The summed E-state index contributed by atoms with van der Waals surface area (Å²) in [5.74, 6) is 0.946. The third-order valence-corrected chi connectivity index (χ3v) is 4.27. The Balaban J connectivity index is 1.85. The number of hydrogen-bond acceptors (Lipinski definition) is 5. The zero-order valence-electron chi connectivity index (χ0n) is 15.2. The van der Waals surface area contributed by atoms with Crippen molar-refractivity contribution in [1.29, 1.82) is 0 Å². The van der Waals surface area contributed by atoms with E-state index in [2.05, 4.69) is 19.2 Å². The summed E-state index contributed by atoms with van der Waals surface area (Å²) < 4.78 is 15.6. The second-order valence-corrected chi connectivity index (χ2v) is 7.20. The van der Waals surface area contributed by atoms with Gasteiger partial charge in [0.1, 0.15) is 24.4 Å². The molecule has 0 bridgehead atoms. The summed E-state index contributed by atoms with van der Waals surface area (Å²) in [7, 11) is 0. The molecule has 1 heterocycles. The molecule has 138 valence electrons. The maximum absolute atomic E-state index is 12.7. The second kappa shape index (κ2) is 7.23. The Morgan fingerprint density at radius 1 is 1.15 bits per heavy atom. The van der Waals surface area contributed by atoms with Crippen molar-refractivity contribution in [2.45, 2.75) is 20.8 Å². The van der Waals surface area contributed by atoms with Crippen LogP contribution in [0.15, 0.2) is 36.4 Å². The number of cyclic esters (lactones) is 2. The molecule has 0 spiro atoms. The zero-order valence-corrected chi connectivity index (χ0v) is 15.2. The molecule has 0 saturated carbocycles. The number of amides is 1. The van der Waals surface area contributed by atoms with Crippen LogP contribution in [0.25, 0.3) is 10.8 Å². The molecule has 0 radical (unpaired) electrons. The number of carbonyl (C=O) groups is 2. The summed E-state index contributed by atoms with van der Waals surface area (Å²) in [5.41, 5.74) is -0.248. The van der Waals surface area contributed by atoms with E-state index in [0.29, 0.717) is 18.2 Å². The first kappa shape index (κ1) is 18.0. The minimum atomic E-state index is -0.929. The number of hydrogen-bond donors (Lipinski definition) is 1. The first-order valence-electron chi connectivity index (χ1n) is 8.64. The van der Waals surface area contributed by atoms with Gasteiger partial charge in [-0.15, -0.1) is 0 Å². The molecule has 2 aromatic rings. The minimum Gasteiger partial charge on any atom is -0.493 e. The van der Waals surface area contributed by atoms with Crippen LogP contribution in [0.3, 0.4) is 0 Å². The van der Waals surface area contributed by atoms with Crippen LogP contribution in [0.5, 0.6) is 5.75 Å². The van der Waals surface area contributed by atoms with Gasteiger partial charge in [-0.3, -0.25) is 4.79 Å². The maximum atomic E-state index is 12.7. The summed E-state index contributed by atoms with van der Waals surface area (Å²) in [4.78, 5) is 23.8. The molecule has 3 rings (SSSR count). The van der Waals surface area contributed by atoms with Gasteiger partial charge in [0, 0.05) is 16.5 Å². The van der Waals surface area contributed by atoms with Gasteiger partial charge in [-0.25, -0.2) is 4.79 Å². The molecule has 0 unspecified atom stereocenters. The lowest BCUT2D eigenvalue weighted by atomic mass is 9.91. The molecule has 1 aliphatic rings. The van der Waals surface area contributed by atoms with Gasteiger partial charge >= 0.3 is 6.16 Å². The quantitative estimate of drug-likeness (QED) is 0.819. The van der Waals surface area contributed by atoms with E-state index in [1.54, 1.807) is 6.92 Å². The van der Waals surface area contributed by atoms with Crippen LogP contribution < -0.4 is 10.1 Å². The van der Waals surface area contributed by atoms with Gasteiger partial charge in [-0.2, -0.15) is 0 Å². The molecule has 1 amide bonds. The van der Waals surface area contributed by atoms with Crippen molar-refractivity contribution < 1.29 is 23.8 Å². The zero-order chi connectivity index (χ0) is 18.7. The first-order chi connectivity index (χ1) is 12.4. The summed E-state index contributed by atoms with van der Waals surface area (Å²) in [6.07, 6.45) is -0.743. The van der Waals surface area contributed by atoms with E-state index in [1.165, 1.54) is 0 Å². The van der Waals surface area contributed by atoms with Crippen molar-refractivity contribution in [3.8, 4) is 5.75 Å². The second-order valence-electron chi connectivity index (χ2n) is 7.20. The highest BCUT2D eigenvalue weighted by atomic mass is 16.7. The van der Waals surface area contributed by atoms with Crippen molar-refractivity contribution in [3.05, 3.63) is 36.4 Å². The molecule has 0 aromatic heterocycles. The number of benzene rings is 2. The lowest BCUT2D eigenvalue weighted by Crippen LogP contribution is -2.46. The highest BCUT2D eigenvalue weighted by Gasteiger charge is 2.40. The van der Waals surface area contributed by atoms with Gasteiger partial charge in [0.15, 0.2) is 0 Å². The van der Waals surface area contributed by atoms with Crippen LogP contribution in [0.1, 0.15) is 20.8 Å². The van der Waals surface area contributed by atoms with E-state index >= 15 is 0 Å². The summed E-state index contributed by atoms with van der Waals surface area (Å²) in [5, 5.41) is 4.76. The van der Waals surface area contributed by atoms with Crippen molar-refractivity contribution in [3.63, 3.8) is 0 Å². The van der Waals surface area contributed by atoms with Crippen molar-refractivity contribution in [1.82, 2.24) is 0 Å². The van der Waals surface area contributed by atoms with Crippen LogP contribution in [-0.2, 0) is 14.3 Å². The van der Waals surface area contributed by atoms with Gasteiger partial charge in [0.2, 0.25) is 5.91 Å². The molecule has 6 nitrogen and oxygen atoms in total. The molecule has 0 atom stereocenters. The average Bonchev–Trinajstić information content (AvgIpc) is 2.63. The van der Waals surface area contributed by atoms with Gasteiger partial charge in [-0.1, -0.05) is 38.1 Å². The molecular weight excluding hydrogens is 334 g/mol. The number of ether oxygens (including phenoxy) is 3. The topological polar surface area (TPSA) is 73.9 Å². The van der Waals surface area contributed by atoms with Crippen LogP contribution in [0.4, 0.5) is 10.5 Å². The summed E-state index contributed by atoms with van der Waals surface area (Å²) in [6.45, 7) is 6.50. The third kappa shape index (κ3) is 3.74. The van der Waals surface area contributed by atoms with Crippen molar-refractivity contribution in [2.24, 2.45) is 11.3 Å². The number of nitrogens with one attached hydrogen (secondary N) is 1. The highest BCUT2D eigenvalue weighted by molar-refractivity contribution is 6.05. The number of fused-ring (bicyclic) bond motifs is 1. The van der Waals surface area contributed by atoms with Crippen LogP contribution in [0.2, 0.25) is 0 Å². The van der Waals surface area contributed by atoms with Gasteiger partial charge < -0.3 is 19.5 Å². The molecule has 0 aliphatic carbocycles. The fraction of sp³-hybridized carbons (Fsp3) is 0.400. The normalized spacial score (nSPS) is 16.1. The molecular formula is C20H23NO5. The average molecular weight is 357 g/mol. The van der Waals surface area contributed by atoms with Crippen molar-refractivity contribution >= 4 is 28.5 Å². The number of carbonyl (C=O) groups excluding carboxylic acids is 2. The Labute approximate surface area is 152 Å². The fourth-order valence-electron chi connectivity index (χ4n) is 2.69. The molecule has 1 saturated heterocycles. The van der Waals surface area contributed by atoms with Gasteiger partial charge in [-0.05, 0) is 25.0 Å². The highest BCUT2D eigenvalue weighted by Crippen LogP contribution is 2.33. The van der Waals surface area contributed by atoms with Crippen LogP contribution >= 0.6 is 0 Å². The Morgan fingerprint density at radius 2 is 1.81 bits per heavy atom. The monoisotopic (exact) mass is 357 g/mol. The predicted octanol–water partition coefficient (Wildman–Crippen LogP) is 3.99.